The molecule has 2 aromatic rings. The highest BCUT2D eigenvalue weighted by atomic mass is 35.5. The van der Waals surface area contributed by atoms with E-state index in [1.54, 1.807) is 30.5 Å². The molecular weight excluding hydrogens is 352 g/mol. The lowest BCUT2D eigenvalue weighted by molar-refractivity contribution is -0.118. The third-order valence-electron chi connectivity index (χ3n) is 3.98. The predicted molar refractivity (Wildman–Crippen MR) is 105 cm³/mol. The molecule has 140 valence electrons. The molecule has 5 nitrogen and oxygen atoms in total. The van der Waals surface area contributed by atoms with E-state index in [9.17, 15) is 9.59 Å². The highest BCUT2D eigenvalue weighted by Gasteiger charge is 2.13. The van der Waals surface area contributed by atoms with Crippen LogP contribution in [-0.4, -0.2) is 17.1 Å². The molecule has 2 rings (SSSR count). The summed E-state index contributed by atoms with van der Waals surface area (Å²) in [6, 6.07) is 8.36. The molecular formula is C20H25ClN2O3. The molecule has 0 aliphatic heterocycles. The van der Waals surface area contributed by atoms with Crippen LogP contribution in [0.3, 0.4) is 0 Å². The van der Waals surface area contributed by atoms with Crippen LogP contribution in [-0.2, 0) is 17.8 Å². The molecule has 0 fully saturated rings. The van der Waals surface area contributed by atoms with Crippen LogP contribution in [0.4, 0.5) is 5.69 Å². The first kappa shape index (κ1) is 20.0. The zero-order valence-corrected chi connectivity index (χ0v) is 16.2. The summed E-state index contributed by atoms with van der Waals surface area (Å²) in [5.41, 5.74) is 1.19. The highest BCUT2D eigenvalue weighted by molar-refractivity contribution is 6.30. The first-order valence-corrected chi connectivity index (χ1v) is 9.19. The fraction of sp³-hybridized carbons (Fsp3) is 0.400. The van der Waals surface area contributed by atoms with Crippen LogP contribution in [0.25, 0.3) is 0 Å². The van der Waals surface area contributed by atoms with Crippen molar-refractivity contribution in [3.8, 4) is 5.75 Å². The Bertz CT molecular complexity index is 815. The number of halogens is 1. The van der Waals surface area contributed by atoms with Crippen molar-refractivity contribution in [3.05, 3.63) is 57.5 Å². The Kier molecular flexibility index (Phi) is 7.27. The molecule has 0 aliphatic rings. The molecule has 0 aliphatic carbocycles. The zero-order valence-electron chi connectivity index (χ0n) is 15.4. The van der Waals surface area contributed by atoms with Crippen molar-refractivity contribution in [2.45, 2.75) is 40.2 Å². The van der Waals surface area contributed by atoms with Crippen LogP contribution < -0.4 is 15.5 Å². The van der Waals surface area contributed by atoms with E-state index in [0.717, 1.165) is 18.7 Å². The van der Waals surface area contributed by atoms with Crippen molar-refractivity contribution in [1.82, 2.24) is 4.57 Å². The molecule has 1 heterocycles. The van der Waals surface area contributed by atoms with E-state index in [-0.39, 0.29) is 23.7 Å². The topological polar surface area (TPSA) is 60.3 Å². The van der Waals surface area contributed by atoms with E-state index in [0.29, 0.717) is 23.0 Å². The summed E-state index contributed by atoms with van der Waals surface area (Å²) in [5.74, 6) is 0.471. The fourth-order valence-corrected chi connectivity index (χ4v) is 2.81. The molecule has 0 saturated carbocycles. The molecule has 1 amide bonds. The standard InChI is InChI=1S/C20H25ClN2O3/c1-4-17-20(18(24)9-11-23(17)10-8-14(2)3)26-13-19(25)22-16-7-5-6-15(21)12-16/h5-7,9,11-12,14H,4,8,10,13H2,1-3H3,(H,22,25). The average Bonchev–Trinajstić information content (AvgIpc) is 2.59. The minimum absolute atomic E-state index is 0.210. The Morgan fingerprint density at radius 3 is 2.73 bits per heavy atom. The summed E-state index contributed by atoms with van der Waals surface area (Å²) < 4.78 is 7.63. The van der Waals surface area contributed by atoms with Gasteiger partial charge in [0.1, 0.15) is 0 Å². The van der Waals surface area contributed by atoms with Gasteiger partial charge in [-0.25, -0.2) is 0 Å². The first-order chi connectivity index (χ1) is 12.4. The number of nitrogens with zero attached hydrogens (tertiary/aromatic N) is 1. The van der Waals surface area contributed by atoms with E-state index in [2.05, 4.69) is 19.2 Å². The number of ether oxygens (including phenoxy) is 1. The van der Waals surface area contributed by atoms with Crippen molar-refractivity contribution in [1.29, 1.82) is 0 Å². The number of rotatable bonds is 8. The van der Waals surface area contributed by atoms with E-state index in [1.807, 2.05) is 11.5 Å². The largest absolute Gasteiger partial charge is 0.478 e. The number of nitrogens with one attached hydrogen (secondary N) is 1. The van der Waals surface area contributed by atoms with Crippen LogP contribution in [0.5, 0.6) is 5.75 Å². The molecule has 0 saturated heterocycles. The maximum absolute atomic E-state index is 12.2. The van der Waals surface area contributed by atoms with Gasteiger partial charge in [-0.05, 0) is 37.0 Å². The normalized spacial score (nSPS) is 10.8. The summed E-state index contributed by atoms with van der Waals surface area (Å²) in [6.45, 7) is 6.87. The molecule has 0 bridgehead atoms. The van der Waals surface area contributed by atoms with Gasteiger partial charge in [-0.1, -0.05) is 38.4 Å². The monoisotopic (exact) mass is 376 g/mol. The zero-order chi connectivity index (χ0) is 19.1. The van der Waals surface area contributed by atoms with Gasteiger partial charge in [0.05, 0.1) is 5.69 Å². The van der Waals surface area contributed by atoms with Crippen LogP contribution in [0.15, 0.2) is 41.3 Å². The number of hydrogen-bond donors (Lipinski definition) is 1. The molecule has 1 N–H and O–H groups in total. The van der Waals surface area contributed by atoms with Gasteiger partial charge >= 0.3 is 0 Å². The second-order valence-corrected chi connectivity index (χ2v) is 6.97. The van der Waals surface area contributed by atoms with Crippen molar-refractivity contribution in [2.24, 2.45) is 5.92 Å². The predicted octanol–water partition coefficient (Wildman–Crippen LogP) is 4.13. The number of benzene rings is 1. The average molecular weight is 377 g/mol. The van der Waals surface area contributed by atoms with E-state index in [1.165, 1.54) is 6.07 Å². The molecule has 6 heteroatoms. The minimum atomic E-state index is -0.341. The van der Waals surface area contributed by atoms with Crippen LogP contribution in [0.2, 0.25) is 5.02 Å². The summed E-state index contributed by atoms with van der Waals surface area (Å²) in [6.07, 6.45) is 3.45. The van der Waals surface area contributed by atoms with Crippen LogP contribution in [0, 0.1) is 5.92 Å². The smallest absolute Gasteiger partial charge is 0.262 e. The van der Waals surface area contributed by atoms with Gasteiger partial charge in [0.15, 0.2) is 12.4 Å². The van der Waals surface area contributed by atoms with Crippen molar-refractivity contribution in [2.75, 3.05) is 11.9 Å². The Balaban J connectivity index is 2.09. The van der Waals surface area contributed by atoms with E-state index < -0.39 is 0 Å². The number of carbonyl (C=O) groups is 1. The summed E-state index contributed by atoms with van der Waals surface area (Å²) >= 11 is 5.90. The third kappa shape index (κ3) is 5.63. The minimum Gasteiger partial charge on any atom is -0.478 e. The third-order valence-corrected chi connectivity index (χ3v) is 4.21. The fourth-order valence-electron chi connectivity index (χ4n) is 2.62. The van der Waals surface area contributed by atoms with Gasteiger partial charge in [0.2, 0.25) is 5.43 Å². The molecule has 1 aromatic heterocycles. The van der Waals surface area contributed by atoms with Gasteiger partial charge in [-0.3, -0.25) is 9.59 Å². The number of amides is 1. The summed E-state index contributed by atoms with van der Waals surface area (Å²) in [7, 11) is 0. The summed E-state index contributed by atoms with van der Waals surface area (Å²) in [4.78, 5) is 24.3. The number of aromatic nitrogens is 1. The van der Waals surface area contributed by atoms with Crippen molar-refractivity contribution in [3.63, 3.8) is 0 Å². The molecule has 26 heavy (non-hydrogen) atoms. The number of aryl methyl sites for hydroxylation is 1. The van der Waals surface area contributed by atoms with Gasteiger partial charge < -0.3 is 14.6 Å². The Hall–Kier alpha value is -2.27. The Morgan fingerprint density at radius 2 is 2.08 bits per heavy atom. The quantitative estimate of drug-likeness (QED) is 0.753. The molecule has 1 aromatic carbocycles. The van der Waals surface area contributed by atoms with Crippen molar-refractivity contribution < 1.29 is 9.53 Å². The second-order valence-electron chi connectivity index (χ2n) is 6.53. The molecule has 0 atom stereocenters. The molecule has 0 spiro atoms. The van der Waals surface area contributed by atoms with Crippen molar-refractivity contribution >= 4 is 23.2 Å². The van der Waals surface area contributed by atoms with Crippen LogP contribution in [0.1, 0.15) is 32.9 Å². The second kappa shape index (κ2) is 9.43. The first-order valence-electron chi connectivity index (χ1n) is 8.81. The lowest BCUT2D eigenvalue weighted by Gasteiger charge is -2.17. The maximum Gasteiger partial charge on any atom is 0.262 e. The summed E-state index contributed by atoms with van der Waals surface area (Å²) in [5, 5.41) is 3.24. The Morgan fingerprint density at radius 1 is 1.31 bits per heavy atom. The Labute approximate surface area is 158 Å². The molecule has 0 unspecified atom stereocenters. The SMILES string of the molecule is CCc1c(OCC(=O)Nc2cccc(Cl)c2)c(=O)ccn1CCC(C)C. The molecule has 0 radical (unpaired) electrons. The number of hydrogen-bond acceptors (Lipinski definition) is 3. The maximum atomic E-state index is 12.2. The van der Waals surface area contributed by atoms with E-state index in [4.69, 9.17) is 16.3 Å². The van der Waals surface area contributed by atoms with Gasteiger partial charge in [-0.2, -0.15) is 0 Å². The van der Waals surface area contributed by atoms with E-state index >= 15 is 0 Å². The lowest BCUT2D eigenvalue weighted by Crippen LogP contribution is -2.24. The van der Waals surface area contributed by atoms with Gasteiger partial charge in [0, 0.05) is 29.5 Å². The highest BCUT2D eigenvalue weighted by Crippen LogP contribution is 2.17. The van der Waals surface area contributed by atoms with Gasteiger partial charge in [0.25, 0.3) is 5.91 Å². The number of carbonyl (C=O) groups excluding carboxylic acids is 1. The van der Waals surface area contributed by atoms with Crippen LogP contribution >= 0.6 is 11.6 Å². The lowest BCUT2D eigenvalue weighted by atomic mass is 10.1. The van der Waals surface area contributed by atoms with Gasteiger partial charge in [-0.15, -0.1) is 0 Å². The number of anilines is 1. The number of pyridine rings is 1.